The van der Waals surface area contributed by atoms with Crippen molar-refractivity contribution in [3.8, 4) is 22.5 Å². The number of hydrogen-bond donors (Lipinski definition) is 0. The topological polar surface area (TPSA) is 9.86 Å². The summed E-state index contributed by atoms with van der Waals surface area (Å²) in [4.78, 5) is 2.58. The summed E-state index contributed by atoms with van der Waals surface area (Å²) in [6, 6.07) is 63.0. The maximum atomic E-state index is 4.33. The zero-order chi connectivity index (χ0) is 37.1. The molecule has 56 heavy (non-hydrogen) atoms. The minimum absolute atomic E-state index is 0.465. The molecule has 1 aliphatic carbocycles. The first-order valence-electron chi connectivity index (χ1n) is 19.2. The second-order valence-corrected chi connectivity index (χ2v) is 16.0. The highest BCUT2D eigenvalue weighted by molar-refractivity contribution is 7.99. The van der Waals surface area contributed by atoms with Gasteiger partial charge in [0.05, 0.1) is 27.5 Å². The Labute approximate surface area is 329 Å². The number of nitrogens with zero attached hydrogens (tertiary/aromatic N) is 2. The molecule has 3 heterocycles. The van der Waals surface area contributed by atoms with E-state index in [1.807, 2.05) is 23.9 Å². The van der Waals surface area contributed by atoms with Crippen LogP contribution in [0.15, 0.2) is 193 Å². The molecule has 12 rings (SSSR count). The van der Waals surface area contributed by atoms with Crippen LogP contribution in [-0.2, 0) is 5.41 Å². The number of para-hydroxylation sites is 2. The first-order chi connectivity index (χ1) is 27.7. The van der Waals surface area contributed by atoms with Crippen molar-refractivity contribution in [1.82, 2.24) is 9.13 Å². The maximum Gasteiger partial charge on any atom is 0.0736 e. The number of benzene rings is 8. The van der Waals surface area contributed by atoms with E-state index >= 15 is 0 Å². The lowest BCUT2D eigenvalue weighted by Crippen LogP contribution is -2.32. The first kappa shape index (κ1) is 31.5. The Morgan fingerprint density at radius 1 is 0.429 bits per heavy atom. The molecular formula is C53H34N2S. The lowest BCUT2D eigenvalue weighted by atomic mass is 9.67. The number of aromatic nitrogens is 2. The smallest absolute Gasteiger partial charge is 0.0736 e. The van der Waals surface area contributed by atoms with E-state index in [2.05, 4.69) is 192 Å². The van der Waals surface area contributed by atoms with Crippen LogP contribution < -0.4 is 0 Å². The van der Waals surface area contributed by atoms with Crippen molar-refractivity contribution in [1.29, 1.82) is 0 Å². The van der Waals surface area contributed by atoms with Gasteiger partial charge in [-0.1, -0.05) is 146 Å². The highest BCUT2D eigenvalue weighted by Crippen LogP contribution is 2.62. The van der Waals surface area contributed by atoms with Crippen molar-refractivity contribution in [2.45, 2.75) is 15.2 Å². The average Bonchev–Trinajstić information content (AvgIpc) is 3.87. The maximum absolute atomic E-state index is 4.33. The molecule has 2 aromatic heterocycles. The van der Waals surface area contributed by atoms with Gasteiger partial charge < -0.3 is 9.13 Å². The van der Waals surface area contributed by atoms with Crippen LogP contribution in [0.5, 0.6) is 0 Å². The van der Waals surface area contributed by atoms with Crippen LogP contribution in [0.25, 0.3) is 78.3 Å². The Hall–Kier alpha value is -6.81. The van der Waals surface area contributed by atoms with E-state index in [4.69, 9.17) is 0 Å². The molecule has 262 valence electrons. The highest BCUT2D eigenvalue weighted by Gasteiger charge is 2.50. The molecular weight excluding hydrogens is 697 g/mol. The minimum atomic E-state index is -0.465. The van der Waals surface area contributed by atoms with Gasteiger partial charge >= 0.3 is 0 Å². The fourth-order valence-corrected chi connectivity index (χ4v) is 11.3. The summed E-state index contributed by atoms with van der Waals surface area (Å²) in [6.45, 7) is 8.52. The van der Waals surface area contributed by atoms with Crippen molar-refractivity contribution in [3.05, 3.63) is 216 Å². The van der Waals surface area contributed by atoms with Gasteiger partial charge in [-0.15, -0.1) is 0 Å². The number of fused-ring (bicyclic) bond motifs is 15. The molecule has 0 radical (unpaired) electrons. The normalized spacial score (nSPS) is 13.6. The lowest BCUT2D eigenvalue weighted by molar-refractivity contribution is 0.724. The molecule has 8 aromatic carbocycles. The third kappa shape index (κ3) is 3.97. The zero-order valence-electron chi connectivity index (χ0n) is 30.5. The molecule has 0 N–H and O–H groups in total. The van der Waals surface area contributed by atoms with Gasteiger partial charge in [0.2, 0.25) is 0 Å². The monoisotopic (exact) mass is 730 g/mol. The Balaban J connectivity index is 1.17. The summed E-state index contributed by atoms with van der Waals surface area (Å²) < 4.78 is 4.85. The highest BCUT2D eigenvalue weighted by atomic mass is 32.2. The predicted octanol–water partition coefficient (Wildman–Crippen LogP) is 14.0. The van der Waals surface area contributed by atoms with Gasteiger partial charge in [-0.05, 0) is 105 Å². The van der Waals surface area contributed by atoms with Crippen LogP contribution in [0.1, 0.15) is 33.4 Å². The molecule has 2 nitrogen and oxygen atoms in total. The molecule has 0 unspecified atom stereocenters. The molecule has 0 fully saturated rings. The molecule has 10 aromatic rings. The van der Waals surface area contributed by atoms with Crippen molar-refractivity contribution < 1.29 is 0 Å². The van der Waals surface area contributed by atoms with Crippen LogP contribution >= 0.6 is 11.8 Å². The van der Waals surface area contributed by atoms with E-state index in [0.717, 1.165) is 28.0 Å². The van der Waals surface area contributed by atoms with Crippen LogP contribution in [0, 0.1) is 0 Å². The summed E-state index contributed by atoms with van der Waals surface area (Å²) in [6.07, 6.45) is 3.95. The van der Waals surface area contributed by atoms with Crippen molar-refractivity contribution >= 4 is 67.5 Å². The Morgan fingerprint density at radius 2 is 0.982 bits per heavy atom. The van der Waals surface area contributed by atoms with E-state index < -0.39 is 5.41 Å². The Kier molecular flexibility index (Phi) is 6.53. The summed E-state index contributed by atoms with van der Waals surface area (Å²) in [5.41, 5.74) is 16.7. The average molecular weight is 731 g/mol. The summed E-state index contributed by atoms with van der Waals surface area (Å²) in [5, 5.41) is 4.93. The predicted molar refractivity (Wildman–Crippen MR) is 237 cm³/mol. The standard InChI is InChI=1S/C53H34N2S/c1-3-33-25-30-48-52(36(33)4-2)41-31-51-45(53(44-21-11-14-24-50(44)56-51)42-19-9-5-15-37(42)38-16-6-10-20-43(38)53)32-49(41)55(48)35-28-26-34(27-29-35)54-46-22-12-7-17-39(46)40-18-8-13-23-47(40)54/h3-32H,1-2H2. The Morgan fingerprint density at radius 3 is 1.61 bits per heavy atom. The van der Waals surface area contributed by atoms with Gasteiger partial charge in [0.1, 0.15) is 0 Å². The molecule has 0 amide bonds. The summed E-state index contributed by atoms with van der Waals surface area (Å²) in [7, 11) is 0. The van der Waals surface area contributed by atoms with E-state index in [9.17, 15) is 0 Å². The fourth-order valence-electron chi connectivity index (χ4n) is 10.1. The molecule has 3 heteroatoms. The lowest BCUT2D eigenvalue weighted by Gasteiger charge is -2.39. The van der Waals surface area contributed by atoms with Gasteiger partial charge in [0.25, 0.3) is 0 Å². The van der Waals surface area contributed by atoms with E-state index in [1.165, 1.54) is 81.3 Å². The van der Waals surface area contributed by atoms with Crippen molar-refractivity contribution in [3.63, 3.8) is 0 Å². The second kappa shape index (κ2) is 11.6. The molecule has 0 saturated heterocycles. The first-order valence-corrected chi connectivity index (χ1v) is 20.0. The molecule has 0 atom stereocenters. The third-order valence-corrected chi connectivity index (χ3v) is 13.5. The van der Waals surface area contributed by atoms with Gasteiger partial charge in [0, 0.05) is 42.7 Å². The van der Waals surface area contributed by atoms with Crippen LogP contribution in [0.3, 0.4) is 0 Å². The molecule has 1 spiro atoms. The van der Waals surface area contributed by atoms with E-state index in [-0.39, 0.29) is 0 Å². The van der Waals surface area contributed by atoms with Crippen LogP contribution in [-0.4, -0.2) is 9.13 Å². The van der Waals surface area contributed by atoms with E-state index in [0.29, 0.717) is 0 Å². The zero-order valence-corrected chi connectivity index (χ0v) is 31.4. The minimum Gasteiger partial charge on any atom is -0.309 e. The molecule has 2 aliphatic rings. The molecule has 1 aliphatic heterocycles. The van der Waals surface area contributed by atoms with Crippen molar-refractivity contribution in [2.24, 2.45) is 0 Å². The second-order valence-electron chi connectivity index (χ2n) is 14.9. The number of hydrogen-bond acceptors (Lipinski definition) is 1. The van der Waals surface area contributed by atoms with Gasteiger partial charge in [-0.3, -0.25) is 0 Å². The molecule has 0 saturated carbocycles. The van der Waals surface area contributed by atoms with Gasteiger partial charge in [0.15, 0.2) is 0 Å². The summed E-state index contributed by atoms with van der Waals surface area (Å²) >= 11 is 1.89. The van der Waals surface area contributed by atoms with Crippen LogP contribution in [0.4, 0.5) is 0 Å². The largest absolute Gasteiger partial charge is 0.309 e. The third-order valence-electron chi connectivity index (χ3n) is 12.3. The Bertz CT molecular complexity index is 3220. The number of rotatable bonds is 4. The summed E-state index contributed by atoms with van der Waals surface area (Å²) in [5.74, 6) is 0. The van der Waals surface area contributed by atoms with Gasteiger partial charge in [-0.25, -0.2) is 0 Å². The van der Waals surface area contributed by atoms with Crippen LogP contribution in [0.2, 0.25) is 0 Å². The SMILES string of the molecule is C=Cc1ccc2c(c1C=C)c1cc3c(cc1n2-c1ccc(-n2c4ccccc4c4ccccc42)cc1)C1(c2ccccc2S3)c2ccccc2-c2ccccc21. The molecule has 0 bridgehead atoms. The fraction of sp³-hybridized carbons (Fsp3) is 0.0189. The quantitative estimate of drug-likeness (QED) is 0.175. The van der Waals surface area contributed by atoms with E-state index in [1.54, 1.807) is 0 Å². The van der Waals surface area contributed by atoms with Crippen molar-refractivity contribution in [2.75, 3.05) is 0 Å². The van der Waals surface area contributed by atoms with Gasteiger partial charge in [-0.2, -0.15) is 0 Å².